The summed E-state index contributed by atoms with van der Waals surface area (Å²) in [5.74, 6) is 2.08. The first-order chi connectivity index (χ1) is 12.7. The number of furan rings is 1. The van der Waals surface area contributed by atoms with Crippen LogP contribution in [0.2, 0.25) is 0 Å². The molecule has 0 bridgehead atoms. The highest BCUT2D eigenvalue weighted by molar-refractivity contribution is 5.47. The molecule has 0 spiro atoms. The van der Waals surface area contributed by atoms with Gasteiger partial charge in [0.25, 0.3) is 0 Å². The van der Waals surface area contributed by atoms with E-state index in [4.69, 9.17) is 9.15 Å². The van der Waals surface area contributed by atoms with Crippen LogP contribution in [0.15, 0.2) is 47.3 Å². The van der Waals surface area contributed by atoms with E-state index in [1.807, 2.05) is 38.2 Å². The molecule has 0 radical (unpaired) electrons. The summed E-state index contributed by atoms with van der Waals surface area (Å²) in [6.07, 6.45) is 6.34. The van der Waals surface area contributed by atoms with Crippen molar-refractivity contribution in [1.29, 1.82) is 0 Å². The summed E-state index contributed by atoms with van der Waals surface area (Å²) in [4.78, 5) is 15.9. The Hall–Kier alpha value is -2.73. The van der Waals surface area contributed by atoms with Crippen molar-refractivity contribution in [3.8, 4) is 17.5 Å². The number of fused-ring (bicyclic) bond motifs is 1. The highest BCUT2D eigenvalue weighted by Gasteiger charge is 2.21. The number of aromatic nitrogens is 3. The molecule has 0 aromatic carbocycles. The third-order valence-electron chi connectivity index (χ3n) is 4.35. The van der Waals surface area contributed by atoms with Gasteiger partial charge in [0, 0.05) is 49.6 Å². The molecule has 0 N–H and O–H groups in total. The zero-order valence-electron chi connectivity index (χ0n) is 15.1. The topological polar surface area (TPSA) is 64.3 Å². The highest BCUT2D eigenvalue weighted by atomic mass is 16.5. The van der Waals surface area contributed by atoms with Crippen LogP contribution in [0.4, 0.5) is 0 Å². The first-order valence-electron chi connectivity index (χ1n) is 8.90. The molecule has 0 saturated heterocycles. The van der Waals surface area contributed by atoms with E-state index in [1.165, 1.54) is 5.56 Å². The second kappa shape index (κ2) is 7.25. The Morgan fingerprint density at radius 2 is 2.15 bits per heavy atom. The van der Waals surface area contributed by atoms with Gasteiger partial charge in [-0.25, -0.2) is 15.0 Å². The second-order valence-electron chi connectivity index (χ2n) is 6.74. The minimum atomic E-state index is 0.110. The van der Waals surface area contributed by atoms with E-state index in [0.29, 0.717) is 11.6 Å². The number of nitrogens with zero attached hydrogens (tertiary/aromatic N) is 4. The minimum absolute atomic E-state index is 0.110. The molecule has 0 fully saturated rings. The Labute approximate surface area is 152 Å². The number of hydrogen-bond donors (Lipinski definition) is 0. The lowest BCUT2D eigenvalue weighted by atomic mass is 10.1. The lowest BCUT2D eigenvalue weighted by Gasteiger charge is -2.28. The molecule has 6 heteroatoms. The Morgan fingerprint density at radius 3 is 2.96 bits per heavy atom. The van der Waals surface area contributed by atoms with Crippen LogP contribution in [0.25, 0.3) is 11.6 Å². The largest absolute Gasteiger partial charge is 0.475 e. The van der Waals surface area contributed by atoms with Gasteiger partial charge in [-0.2, -0.15) is 0 Å². The van der Waals surface area contributed by atoms with E-state index >= 15 is 0 Å². The molecule has 0 atom stereocenters. The molecule has 1 aliphatic heterocycles. The summed E-state index contributed by atoms with van der Waals surface area (Å²) < 4.78 is 11.2. The summed E-state index contributed by atoms with van der Waals surface area (Å²) in [7, 11) is 0. The molecular weight excluding hydrogens is 328 g/mol. The van der Waals surface area contributed by atoms with E-state index < -0.39 is 0 Å². The van der Waals surface area contributed by atoms with Crippen molar-refractivity contribution in [3.05, 3.63) is 59.7 Å². The average Bonchev–Trinajstić information content (AvgIpc) is 3.17. The van der Waals surface area contributed by atoms with Gasteiger partial charge in [-0.3, -0.25) is 4.90 Å². The molecule has 4 heterocycles. The van der Waals surface area contributed by atoms with Gasteiger partial charge in [0.15, 0.2) is 11.6 Å². The zero-order valence-corrected chi connectivity index (χ0v) is 15.1. The quantitative estimate of drug-likeness (QED) is 0.702. The molecule has 3 aromatic rings. The lowest BCUT2D eigenvalue weighted by molar-refractivity contribution is 0.211. The van der Waals surface area contributed by atoms with Crippen molar-refractivity contribution in [2.24, 2.45) is 0 Å². The van der Waals surface area contributed by atoms with E-state index in [2.05, 4.69) is 25.9 Å². The van der Waals surface area contributed by atoms with Gasteiger partial charge < -0.3 is 9.15 Å². The molecular formula is C20H22N4O2. The number of hydrogen-bond acceptors (Lipinski definition) is 6. The van der Waals surface area contributed by atoms with E-state index in [0.717, 1.165) is 43.2 Å². The fourth-order valence-electron chi connectivity index (χ4n) is 3.15. The molecule has 3 aromatic heterocycles. The maximum absolute atomic E-state index is 5.84. The van der Waals surface area contributed by atoms with Gasteiger partial charge in [-0.15, -0.1) is 0 Å². The van der Waals surface area contributed by atoms with E-state index in [-0.39, 0.29) is 6.10 Å². The molecule has 0 saturated carbocycles. The van der Waals surface area contributed by atoms with Gasteiger partial charge in [-0.05, 0) is 32.0 Å². The van der Waals surface area contributed by atoms with Gasteiger partial charge >= 0.3 is 0 Å². The highest BCUT2D eigenvalue weighted by Crippen LogP contribution is 2.24. The van der Waals surface area contributed by atoms with Crippen molar-refractivity contribution >= 4 is 0 Å². The van der Waals surface area contributed by atoms with Crippen molar-refractivity contribution < 1.29 is 9.15 Å². The molecule has 26 heavy (non-hydrogen) atoms. The third kappa shape index (κ3) is 3.60. The fourth-order valence-corrected chi connectivity index (χ4v) is 3.15. The second-order valence-corrected chi connectivity index (χ2v) is 6.74. The van der Waals surface area contributed by atoms with Crippen LogP contribution >= 0.6 is 0 Å². The van der Waals surface area contributed by atoms with Gasteiger partial charge in [0.05, 0.1) is 18.1 Å². The Bertz CT molecular complexity index is 877. The molecule has 0 unspecified atom stereocenters. The Kier molecular flexibility index (Phi) is 4.67. The van der Waals surface area contributed by atoms with Crippen LogP contribution in [0.5, 0.6) is 5.88 Å². The summed E-state index contributed by atoms with van der Waals surface area (Å²) in [6, 6.07) is 7.77. The molecule has 134 valence electrons. The maximum atomic E-state index is 5.84. The van der Waals surface area contributed by atoms with E-state index in [1.54, 1.807) is 12.5 Å². The third-order valence-corrected chi connectivity index (χ3v) is 4.35. The predicted molar refractivity (Wildman–Crippen MR) is 97.6 cm³/mol. The Morgan fingerprint density at radius 1 is 1.23 bits per heavy atom. The van der Waals surface area contributed by atoms with Crippen LogP contribution in [0, 0.1) is 0 Å². The molecule has 0 amide bonds. The normalized spacial score (nSPS) is 14.4. The van der Waals surface area contributed by atoms with Gasteiger partial charge in [0.1, 0.15) is 0 Å². The molecule has 4 rings (SSSR count). The van der Waals surface area contributed by atoms with Crippen LogP contribution in [-0.2, 0) is 19.5 Å². The van der Waals surface area contributed by atoms with Crippen LogP contribution < -0.4 is 4.74 Å². The van der Waals surface area contributed by atoms with E-state index in [9.17, 15) is 0 Å². The smallest absolute Gasteiger partial charge is 0.218 e. The first kappa shape index (κ1) is 16.7. The molecule has 6 nitrogen and oxygen atoms in total. The molecule has 1 aliphatic rings. The first-order valence-corrected chi connectivity index (χ1v) is 8.90. The number of ether oxygens (including phenoxy) is 1. The van der Waals surface area contributed by atoms with Crippen LogP contribution in [0.3, 0.4) is 0 Å². The maximum Gasteiger partial charge on any atom is 0.218 e. The van der Waals surface area contributed by atoms with Crippen molar-refractivity contribution in [1.82, 2.24) is 19.9 Å². The predicted octanol–water partition coefficient (Wildman–Crippen LogP) is 3.48. The summed E-state index contributed by atoms with van der Waals surface area (Å²) in [5, 5.41) is 0. The lowest BCUT2D eigenvalue weighted by Crippen LogP contribution is -2.31. The summed E-state index contributed by atoms with van der Waals surface area (Å²) >= 11 is 0. The molecule has 0 aliphatic carbocycles. The average molecular weight is 350 g/mol. The standard InChI is InChI=1S/C20H22N4O2/c1-14(2)26-20-15(5-3-8-21-20)12-24-9-7-17-16(13-24)11-22-19(23-17)18-6-4-10-25-18/h3-6,8,10-11,14H,7,9,12-13H2,1-2H3. The minimum Gasteiger partial charge on any atom is -0.475 e. The van der Waals surface area contributed by atoms with Crippen LogP contribution in [0.1, 0.15) is 30.7 Å². The monoisotopic (exact) mass is 350 g/mol. The summed E-state index contributed by atoms with van der Waals surface area (Å²) in [5.41, 5.74) is 3.38. The number of pyridine rings is 1. The van der Waals surface area contributed by atoms with Crippen molar-refractivity contribution in [2.45, 2.75) is 39.5 Å². The fraction of sp³-hybridized carbons (Fsp3) is 0.350. The SMILES string of the molecule is CC(C)Oc1ncccc1CN1CCc2nc(-c3ccco3)ncc2C1. The Balaban J connectivity index is 1.49. The van der Waals surface area contributed by atoms with Gasteiger partial charge in [-0.1, -0.05) is 6.07 Å². The summed E-state index contributed by atoms with van der Waals surface area (Å²) in [6.45, 7) is 6.60. The zero-order chi connectivity index (χ0) is 17.9. The van der Waals surface area contributed by atoms with Crippen molar-refractivity contribution in [3.63, 3.8) is 0 Å². The van der Waals surface area contributed by atoms with Gasteiger partial charge in [0.2, 0.25) is 5.88 Å². The van der Waals surface area contributed by atoms with Crippen LogP contribution in [-0.4, -0.2) is 32.5 Å². The number of rotatable bonds is 5. The van der Waals surface area contributed by atoms with Crippen molar-refractivity contribution in [2.75, 3.05) is 6.54 Å².